The van der Waals surface area contributed by atoms with E-state index in [4.69, 9.17) is 4.52 Å². The third kappa shape index (κ3) is 3.71. The van der Waals surface area contributed by atoms with E-state index in [9.17, 15) is 18.0 Å². The van der Waals surface area contributed by atoms with Crippen LogP contribution in [-0.2, 0) is 12.7 Å². The quantitative estimate of drug-likeness (QED) is 0.541. The Morgan fingerprint density at radius 1 is 1.14 bits per heavy atom. The molecular weight excluding hydrogens is 385 g/mol. The molecule has 0 aliphatic carbocycles. The third-order valence-electron chi connectivity index (χ3n) is 4.50. The van der Waals surface area contributed by atoms with Gasteiger partial charge in [-0.15, -0.1) is 0 Å². The molecule has 29 heavy (non-hydrogen) atoms. The van der Waals surface area contributed by atoms with Crippen molar-refractivity contribution in [1.82, 2.24) is 14.9 Å². The molecule has 0 aliphatic rings. The van der Waals surface area contributed by atoms with Gasteiger partial charge in [-0.3, -0.25) is 9.48 Å². The zero-order valence-corrected chi connectivity index (χ0v) is 15.2. The number of carbonyl (C=O) groups excluding carboxylic acids is 1. The zero-order chi connectivity index (χ0) is 20.6. The molecule has 1 N–H and O–H groups in total. The largest absolute Gasteiger partial charge is 0.416 e. The highest BCUT2D eigenvalue weighted by Gasteiger charge is 2.30. The number of halogens is 3. The topological polar surface area (TPSA) is 73.0 Å². The number of para-hydroxylation sites is 1. The molecule has 0 radical (unpaired) electrons. The maximum atomic E-state index is 12.8. The van der Waals surface area contributed by atoms with Crippen LogP contribution in [0.4, 0.5) is 19.0 Å². The number of anilines is 1. The third-order valence-corrected chi connectivity index (χ3v) is 4.50. The van der Waals surface area contributed by atoms with E-state index in [0.29, 0.717) is 28.1 Å². The van der Waals surface area contributed by atoms with Crippen LogP contribution in [0, 0.1) is 6.92 Å². The average Bonchev–Trinajstić information content (AvgIpc) is 3.26. The van der Waals surface area contributed by atoms with E-state index >= 15 is 0 Å². The van der Waals surface area contributed by atoms with E-state index in [2.05, 4.69) is 15.6 Å². The SMILES string of the molecule is Cc1oncc1C(=O)Nc1nn(Cc2ccc(C(F)(F)F)cc2)c2ccccc12. The van der Waals surface area contributed by atoms with Crippen molar-refractivity contribution in [1.29, 1.82) is 0 Å². The number of rotatable bonds is 4. The highest BCUT2D eigenvalue weighted by atomic mass is 19.4. The van der Waals surface area contributed by atoms with Crippen molar-refractivity contribution < 1.29 is 22.5 Å². The summed E-state index contributed by atoms with van der Waals surface area (Å²) in [7, 11) is 0. The lowest BCUT2D eigenvalue weighted by molar-refractivity contribution is -0.137. The molecule has 0 bridgehead atoms. The molecule has 0 saturated heterocycles. The van der Waals surface area contributed by atoms with Crippen LogP contribution < -0.4 is 5.32 Å². The molecule has 2 aromatic carbocycles. The number of aromatic nitrogens is 3. The van der Waals surface area contributed by atoms with Crippen LogP contribution in [0.3, 0.4) is 0 Å². The number of fused-ring (bicyclic) bond motifs is 1. The van der Waals surface area contributed by atoms with Gasteiger partial charge in [0.2, 0.25) is 0 Å². The van der Waals surface area contributed by atoms with E-state index < -0.39 is 17.6 Å². The Balaban J connectivity index is 1.64. The van der Waals surface area contributed by atoms with Gasteiger partial charge in [0.25, 0.3) is 5.91 Å². The predicted octanol–water partition coefficient (Wildman–Crippen LogP) is 4.65. The van der Waals surface area contributed by atoms with Gasteiger partial charge >= 0.3 is 6.18 Å². The van der Waals surface area contributed by atoms with Gasteiger partial charge in [-0.25, -0.2) is 0 Å². The number of carbonyl (C=O) groups is 1. The minimum Gasteiger partial charge on any atom is -0.361 e. The number of alkyl halides is 3. The summed E-state index contributed by atoms with van der Waals surface area (Å²) in [5.41, 5.74) is 0.985. The van der Waals surface area contributed by atoms with Crippen molar-refractivity contribution in [2.24, 2.45) is 0 Å². The van der Waals surface area contributed by atoms with Crippen molar-refractivity contribution >= 4 is 22.6 Å². The molecule has 2 aromatic heterocycles. The molecule has 0 spiro atoms. The Morgan fingerprint density at radius 2 is 1.86 bits per heavy atom. The van der Waals surface area contributed by atoms with Gasteiger partial charge in [-0.05, 0) is 36.8 Å². The number of benzene rings is 2. The van der Waals surface area contributed by atoms with Gasteiger partial charge in [0.1, 0.15) is 11.3 Å². The molecular formula is C20H15F3N4O2. The van der Waals surface area contributed by atoms with Crippen molar-refractivity contribution in [3.05, 3.63) is 77.2 Å². The lowest BCUT2D eigenvalue weighted by atomic mass is 10.1. The van der Waals surface area contributed by atoms with E-state index in [1.165, 1.54) is 18.3 Å². The molecule has 0 aliphatic heterocycles. The van der Waals surface area contributed by atoms with Crippen molar-refractivity contribution in [3.63, 3.8) is 0 Å². The van der Waals surface area contributed by atoms with E-state index in [1.54, 1.807) is 11.6 Å². The number of nitrogens with one attached hydrogen (secondary N) is 1. The lowest BCUT2D eigenvalue weighted by Gasteiger charge is -2.08. The van der Waals surface area contributed by atoms with Gasteiger partial charge in [0.05, 0.1) is 23.8 Å². The fraction of sp³-hybridized carbons (Fsp3) is 0.150. The number of aryl methyl sites for hydroxylation is 1. The second-order valence-corrected chi connectivity index (χ2v) is 6.47. The number of nitrogens with zero attached hydrogens (tertiary/aromatic N) is 3. The zero-order valence-electron chi connectivity index (χ0n) is 15.2. The first kappa shape index (κ1) is 18.7. The Morgan fingerprint density at radius 3 is 2.52 bits per heavy atom. The van der Waals surface area contributed by atoms with Crippen LogP contribution in [-0.4, -0.2) is 20.8 Å². The molecule has 148 valence electrons. The van der Waals surface area contributed by atoms with E-state index in [-0.39, 0.29) is 6.54 Å². The smallest absolute Gasteiger partial charge is 0.361 e. The summed E-state index contributed by atoms with van der Waals surface area (Å²) in [6.07, 6.45) is -3.06. The summed E-state index contributed by atoms with van der Waals surface area (Å²) in [6, 6.07) is 12.2. The molecule has 4 aromatic rings. The number of hydrogen-bond donors (Lipinski definition) is 1. The van der Waals surface area contributed by atoms with Gasteiger partial charge in [0, 0.05) is 5.39 Å². The molecule has 0 fully saturated rings. The minimum atomic E-state index is -4.38. The fourth-order valence-electron chi connectivity index (χ4n) is 3.00. The molecule has 2 heterocycles. The molecule has 0 unspecified atom stereocenters. The minimum absolute atomic E-state index is 0.251. The second kappa shape index (κ2) is 7.08. The van der Waals surface area contributed by atoms with Crippen LogP contribution in [0.15, 0.2) is 59.3 Å². The Hall–Kier alpha value is -3.62. The highest BCUT2D eigenvalue weighted by molar-refractivity contribution is 6.08. The summed E-state index contributed by atoms with van der Waals surface area (Å²) in [5.74, 6) is 0.322. The van der Waals surface area contributed by atoms with Gasteiger partial charge in [0.15, 0.2) is 5.82 Å². The normalized spacial score (nSPS) is 11.7. The first-order valence-electron chi connectivity index (χ1n) is 8.67. The van der Waals surface area contributed by atoms with Crippen LogP contribution in [0.1, 0.15) is 27.2 Å². The highest BCUT2D eigenvalue weighted by Crippen LogP contribution is 2.29. The monoisotopic (exact) mass is 400 g/mol. The van der Waals surface area contributed by atoms with Gasteiger partial charge in [-0.1, -0.05) is 29.4 Å². The number of amides is 1. The summed E-state index contributed by atoms with van der Waals surface area (Å²) < 4.78 is 44.8. The molecule has 4 rings (SSSR count). The summed E-state index contributed by atoms with van der Waals surface area (Å²) in [5, 5.41) is 11.5. The Kier molecular flexibility index (Phi) is 4.57. The fourth-order valence-corrected chi connectivity index (χ4v) is 3.00. The average molecular weight is 400 g/mol. The van der Waals surface area contributed by atoms with Crippen molar-refractivity contribution in [2.45, 2.75) is 19.6 Å². The molecule has 6 nitrogen and oxygen atoms in total. The Bertz CT molecular complexity index is 1180. The molecule has 0 saturated carbocycles. The van der Waals surface area contributed by atoms with Gasteiger partial charge in [-0.2, -0.15) is 18.3 Å². The first-order valence-corrected chi connectivity index (χ1v) is 8.67. The van der Waals surface area contributed by atoms with E-state index in [1.807, 2.05) is 24.3 Å². The number of hydrogen-bond acceptors (Lipinski definition) is 4. The maximum Gasteiger partial charge on any atom is 0.416 e. The second-order valence-electron chi connectivity index (χ2n) is 6.47. The molecule has 9 heteroatoms. The standard InChI is InChI=1S/C20H15F3N4O2/c1-12-16(10-24-29-12)19(28)25-18-15-4-2-3-5-17(15)27(26-18)11-13-6-8-14(9-7-13)20(21,22)23/h2-10H,11H2,1H3,(H,25,26,28). The van der Waals surface area contributed by atoms with Crippen molar-refractivity contribution in [2.75, 3.05) is 5.32 Å². The van der Waals surface area contributed by atoms with Crippen LogP contribution in [0.25, 0.3) is 10.9 Å². The van der Waals surface area contributed by atoms with E-state index in [0.717, 1.165) is 17.6 Å². The van der Waals surface area contributed by atoms with Crippen molar-refractivity contribution in [3.8, 4) is 0 Å². The summed E-state index contributed by atoms with van der Waals surface area (Å²) >= 11 is 0. The predicted molar refractivity (Wildman–Crippen MR) is 99.5 cm³/mol. The van der Waals surface area contributed by atoms with Crippen LogP contribution in [0.5, 0.6) is 0 Å². The van der Waals surface area contributed by atoms with Crippen LogP contribution >= 0.6 is 0 Å². The van der Waals surface area contributed by atoms with Gasteiger partial charge < -0.3 is 9.84 Å². The molecule has 1 amide bonds. The van der Waals surface area contributed by atoms with Crippen LogP contribution in [0.2, 0.25) is 0 Å². The molecule has 0 atom stereocenters. The first-order chi connectivity index (χ1) is 13.8. The maximum absolute atomic E-state index is 12.8. The summed E-state index contributed by atoms with van der Waals surface area (Å²) in [6.45, 7) is 1.88. The summed E-state index contributed by atoms with van der Waals surface area (Å²) in [4.78, 5) is 12.5. The lowest BCUT2D eigenvalue weighted by Crippen LogP contribution is -2.13. The Labute approximate surface area is 162 Å².